The molecule has 0 aliphatic carbocycles. The van der Waals surface area contributed by atoms with Crippen LogP contribution in [0.4, 0.5) is 16.0 Å². The van der Waals surface area contributed by atoms with Crippen molar-refractivity contribution in [3.8, 4) is 17.0 Å². The third-order valence-corrected chi connectivity index (χ3v) is 6.25. The van der Waals surface area contributed by atoms with E-state index in [9.17, 15) is 4.39 Å². The first-order chi connectivity index (χ1) is 15.7. The van der Waals surface area contributed by atoms with Crippen LogP contribution >= 0.6 is 0 Å². The summed E-state index contributed by atoms with van der Waals surface area (Å²) in [6, 6.07) is 4.01. The van der Waals surface area contributed by atoms with E-state index in [1.807, 2.05) is 16.7 Å². The molecule has 6 rings (SSSR count). The predicted molar refractivity (Wildman–Crippen MR) is 118 cm³/mol. The number of anilines is 2. The van der Waals surface area contributed by atoms with Gasteiger partial charge in [0.05, 0.1) is 24.2 Å². The van der Waals surface area contributed by atoms with Gasteiger partial charge < -0.3 is 19.5 Å². The minimum absolute atomic E-state index is 0.216. The number of likely N-dealkylation sites (tertiary alicyclic amines) is 1. The molecule has 0 saturated carbocycles. The fourth-order valence-corrected chi connectivity index (χ4v) is 4.53. The highest BCUT2D eigenvalue weighted by Gasteiger charge is 2.23. The second kappa shape index (κ2) is 7.56. The van der Waals surface area contributed by atoms with Gasteiger partial charge in [0.15, 0.2) is 23.1 Å². The summed E-state index contributed by atoms with van der Waals surface area (Å²) in [6.07, 6.45) is 7.57. The van der Waals surface area contributed by atoms with E-state index in [4.69, 9.17) is 4.74 Å². The van der Waals surface area contributed by atoms with Crippen LogP contribution in [0.5, 0.6) is 5.75 Å². The number of halogens is 1. The van der Waals surface area contributed by atoms with Crippen LogP contribution < -0.4 is 10.1 Å². The fourth-order valence-electron chi connectivity index (χ4n) is 4.53. The van der Waals surface area contributed by atoms with Gasteiger partial charge in [0.2, 0.25) is 0 Å². The van der Waals surface area contributed by atoms with Crippen molar-refractivity contribution < 1.29 is 9.13 Å². The average molecular weight is 434 g/mol. The van der Waals surface area contributed by atoms with Crippen LogP contribution in [-0.2, 0) is 6.42 Å². The van der Waals surface area contributed by atoms with Gasteiger partial charge in [0.1, 0.15) is 11.3 Å². The third-order valence-electron chi connectivity index (χ3n) is 6.25. The van der Waals surface area contributed by atoms with Crippen molar-refractivity contribution in [1.82, 2.24) is 34.6 Å². The van der Waals surface area contributed by atoms with Crippen LogP contribution in [0.1, 0.15) is 24.6 Å². The summed E-state index contributed by atoms with van der Waals surface area (Å²) < 4.78 is 22.2. The summed E-state index contributed by atoms with van der Waals surface area (Å²) >= 11 is 0. The molecular weight excluding hydrogens is 411 g/mol. The number of nitrogens with zero attached hydrogens (tertiary/aromatic N) is 6. The molecule has 0 amide bonds. The van der Waals surface area contributed by atoms with Gasteiger partial charge in [-0.3, -0.25) is 10.1 Å². The molecule has 2 N–H and O–H groups in total. The highest BCUT2D eigenvalue weighted by atomic mass is 19.1. The summed E-state index contributed by atoms with van der Waals surface area (Å²) in [5.74, 6) is 1.57. The molecule has 1 saturated heterocycles. The zero-order valence-electron chi connectivity index (χ0n) is 17.7. The van der Waals surface area contributed by atoms with Gasteiger partial charge in [-0.15, -0.1) is 0 Å². The molecule has 1 fully saturated rings. The van der Waals surface area contributed by atoms with Crippen LogP contribution in [0.15, 0.2) is 30.7 Å². The molecule has 0 bridgehead atoms. The first-order valence-corrected chi connectivity index (χ1v) is 10.8. The van der Waals surface area contributed by atoms with E-state index in [1.165, 1.54) is 12.4 Å². The number of aromatic amines is 1. The fraction of sp³-hybridized carbons (Fsp3) is 0.364. The Balaban J connectivity index is 1.29. The largest absolute Gasteiger partial charge is 0.491 e. The molecule has 9 nitrogen and oxygen atoms in total. The lowest BCUT2D eigenvalue weighted by Crippen LogP contribution is -2.31. The van der Waals surface area contributed by atoms with Crippen LogP contribution in [-0.4, -0.2) is 61.4 Å². The number of hydrogen-bond acceptors (Lipinski definition) is 7. The van der Waals surface area contributed by atoms with E-state index in [-0.39, 0.29) is 11.9 Å². The van der Waals surface area contributed by atoms with Crippen LogP contribution in [0, 0.1) is 5.82 Å². The van der Waals surface area contributed by atoms with Gasteiger partial charge in [-0.05, 0) is 39.0 Å². The minimum atomic E-state index is -0.341. The quantitative estimate of drug-likeness (QED) is 0.509. The number of nitrogens with one attached hydrogen (secondary N) is 2. The second-order valence-electron chi connectivity index (χ2n) is 8.37. The predicted octanol–water partition coefficient (Wildman–Crippen LogP) is 3.30. The zero-order valence-corrected chi connectivity index (χ0v) is 17.7. The van der Waals surface area contributed by atoms with Crippen molar-refractivity contribution in [2.45, 2.75) is 25.3 Å². The number of aromatic nitrogens is 6. The summed E-state index contributed by atoms with van der Waals surface area (Å²) in [4.78, 5) is 15.7. The number of piperidine rings is 1. The molecule has 2 aliphatic rings. The first kappa shape index (κ1) is 19.2. The van der Waals surface area contributed by atoms with Crippen LogP contribution in [0.25, 0.3) is 22.4 Å². The Morgan fingerprint density at radius 1 is 1.22 bits per heavy atom. The van der Waals surface area contributed by atoms with E-state index in [1.54, 1.807) is 6.20 Å². The number of rotatable bonds is 4. The van der Waals surface area contributed by atoms with E-state index < -0.39 is 0 Å². The van der Waals surface area contributed by atoms with Crippen molar-refractivity contribution in [2.24, 2.45) is 0 Å². The normalized spacial score (nSPS) is 16.9. The smallest absolute Gasteiger partial charge is 0.168 e. The molecular formula is C22H23FN8O. The molecule has 164 valence electrons. The molecule has 0 unspecified atom stereocenters. The molecule has 6 heterocycles. The number of fused-ring (bicyclic) bond motifs is 2. The minimum Gasteiger partial charge on any atom is -0.491 e. The van der Waals surface area contributed by atoms with Gasteiger partial charge in [-0.1, -0.05) is 0 Å². The van der Waals surface area contributed by atoms with Gasteiger partial charge >= 0.3 is 0 Å². The Labute approximate surface area is 183 Å². The summed E-state index contributed by atoms with van der Waals surface area (Å²) in [7, 11) is 2.11. The first-order valence-electron chi connectivity index (χ1n) is 10.8. The average Bonchev–Trinajstić information content (AvgIpc) is 3.53. The van der Waals surface area contributed by atoms with Crippen molar-refractivity contribution in [3.63, 3.8) is 0 Å². The van der Waals surface area contributed by atoms with Crippen molar-refractivity contribution in [1.29, 1.82) is 0 Å². The lowest BCUT2D eigenvalue weighted by molar-refractivity contribution is 0.223. The number of pyridine rings is 1. The molecule has 0 radical (unpaired) electrons. The number of ether oxygens (including phenoxy) is 1. The maximum Gasteiger partial charge on any atom is 0.168 e. The summed E-state index contributed by atoms with van der Waals surface area (Å²) in [5, 5.41) is 10.6. The van der Waals surface area contributed by atoms with E-state index >= 15 is 0 Å². The second-order valence-corrected chi connectivity index (χ2v) is 8.37. The Bertz CT molecular complexity index is 1290. The highest BCUT2D eigenvalue weighted by Crippen LogP contribution is 2.35. The van der Waals surface area contributed by atoms with Gasteiger partial charge in [-0.2, -0.15) is 5.10 Å². The van der Waals surface area contributed by atoms with Crippen molar-refractivity contribution >= 4 is 22.8 Å². The molecule has 10 heteroatoms. The lowest BCUT2D eigenvalue weighted by atomic mass is 10.1. The van der Waals surface area contributed by atoms with Crippen molar-refractivity contribution in [2.75, 3.05) is 32.1 Å². The van der Waals surface area contributed by atoms with Gasteiger partial charge in [-0.25, -0.2) is 14.4 Å². The molecule has 4 aromatic rings. The number of hydrogen-bond donors (Lipinski definition) is 2. The topological polar surface area (TPSA) is 96.8 Å². The summed E-state index contributed by atoms with van der Waals surface area (Å²) in [5.41, 5.74) is 3.55. The molecule has 32 heavy (non-hydrogen) atoms. The Kier molecular flexibility index (Phi) is 4.53. The third kappa shape index (κ3) is 3.27. The van der Waals surface area contributed by atoms with E-state index in [0.717, 1.165) is 55.1 Å². The monoisotopic (exact) mass is 434 g/mol. The molecule has 0 aromatic carbocycles. The highest BCUT2D eigenvalue weighted by molar-refractivity contribution is 5.75. The number of H-pyrrole nitrogens is 1. The molecule has 0 spiro atoms. The Hall–Kier alpha value is -3.53. The Morgan fingerprint density at radius 2 is 2.09 bits per heavy atom. The maximum absolute atomic E-state index is 14.5. The Morgan fingerprint density at radius 3 is 2.97 bits per heavy atom. The van der Waals surface area contributed by atoms with E-state index in [2.05, 4.69) is 42.4 Å². The molecule has 2 aliphatic heterocycles. The zero-order chi connectivity index (χ0) is 21.7. The van der Waals surface area contributed by atoms with Crippen molar-refractivity contribution in [3.05, 3.63) is 42.2 Å². The van der Waals surface area contributed by atoms with Gasteiger partial charge in [0.25, 0.3) is 0 Å². The maximum atomic E-state index is 14.5. The lowest BCUT2D eigenvalue weighted by Gasteiger charge is -2.30. The van der Waals surface area contributed by atoms with Gasteiger partial charge in [0, 0.05) is 36.5 Å². The summed E-state index contributed by atoms with van der Waals surface area (Å²) in [6.45, 7) is 2.60. The van der Waals surface area contributed by atoms with E-state index in [0.29, 0.717) is 29.4 Å². The van der Waals surface area contributed by atoms with Crippen LogP contribution in [0.2, 0.25) is 0 Å². The standard InChI is InChI=1S/C22H23FN8O/c1-30-7-3-13(4-8-30)31-12-15(23)20-22(31)27-19(11-25-20)26-18-10-17(28-29-18)14-2-6-24-16-5-9-32-21(14)16/h2,6,10-13H,3-5,7-9H2,1H3,(H2,26,27,28,29). The molecule has 0 atom stereocenters. The van der Waals surface area contributed by atoms with Crippen LogP contribution in [0.3, 0.4) is 0 Å². The SMILES string of the molecule is CN1CCC(n2cc(F)c3ncc(Nc4cc(-c5ccnc6c5OCC6)[nH]n4)nc32)CC1. The molecule has 4 aromatic heterocycles.